The number of methoxy groups -OCH3 is 1. The Hall–Kier alpha value is -2.67. The number of aliphatic hydroxyl groups is 1. The summed E-state index contributed by atoms with van der Waals surface area (Å²) in [4.78, 5) is 2.15. The van der Waals surface area contributed by atoms with E-state index in [1.807, 2.05) is 24.3 Å². The largest absolute Gasteiger partial charge is 0.497 e. The maximum atomic E-state index is 12.5. The summed E-state index contributed by atoms with van der Waals surface area (Å²) in [6.07, 6.45) is 4.04. The van der Waals surface area contributed by atoms with Crippen molar-refractivity contribution in [2.75, 3.05) is 25.1 Å². The Bertz CT molecular complexity index is 884. The molecule has 0 aliphatic carbocycles. The van der Waals surface area contributed by atoms with Crippen molar-refractivity contribution in [2.45, 2.75) is 38.0 Å². The summed E-state index contributed by atoms with van der Waals surface area (Å²) < 4.78 is 36.7. The fourth-order valence-electron chi connectivity index (χ4n) is 4.22. The number of halogens is 2. The van der Waals surface area contributed by atoms with Crippen molar-refractivity contribution in [1.29, 1.82) is 0 Å². The Morgan fingerprint density at radius 1 is 1.00 bits per heavy atom. The third-order valence-electron chi connectivity index (χ3n) is 5.66. The van der Waals surface area contributed by atoms with E-state index in [4.69, 9.17) is 4.74 Å². The van der Waals surface area contributed by atoms with Crippen molar-refractivity contribution in [3.05, 3.63) is 54.1 Å². The lowest BCUT2D eigenvalue weighted by molar-refractivity contribution is -0.658. The number of benzene rings is 2. The van der Waals surface area contributed by atoms with Crippen LogP contribution in [0.2, 0.25) is 0 Å². The fraction of sp³-hybridized carbons (Fsp3) is 0.409. The second-order valence-corrected chi connectivity index (χ2v) is 7.38. The first kappa shape index (κ1) is 19.6. The van der Waals surface area contributed by atoms with Crippen LogP contribution in [0.5, 0.6) is 11.5 Å². The van der Waals surface area contributed by atoms with Gasteiger partial charge in [-0.2, -0.15) is 8.78 Å². The van der Waals surface area contributed by atoms with Crippen LogP contribution in [0.15, 0.2) is 48.5 Å². The molecule has 1 atom stereocenters. The number of nitrogens with zero attached hydrogens (tertiary/aromatic N) is 2. The number of hydrogen-bond donors (Lipinski definition) is 1. The Labute approximate surface area is 168 Å². The first-order valence-electron chi connectivity index (χ1n) is 9.84. The summed E-state index contributed by atoms with van der Waals surface area (Å²) in [5, 5.41) is 11.7. The van der Waals surface area contributed by atoms with Gasteiger partial charge in [-0.1, -0.05) is 0 Å². The van der Waals surface area contributed by atoms with Crippen molar-refractivity contribution in [3.8, 4) is 11.5 Å². The Morgan fingerprint density at radius 3 is 2.34 bits per heavy atom. The predicted octanol–water partition coefficient (Wildman–Crippen LogP) is 3.95. The number of ether oxygens (including phenoxy) is 2. The van der Waals surface area contributed by atoms with Crippen LogP contribution >= 0.6 is 0 Å². The standard InChI is InChI=1S/C22H25F2N2O3/c1-28-18-12-8-17(9-13-18)25-15-22(27,26-14-4-2-3-5-20(25)26)16-6-10-19(11-7-16)29-21(23)24/h6-13,21,27H,2-5,14-15H2,1H3/q+1. The second kappa shape index (κ2) is 7.99. The van der Waals surface area contributed by atoms with Crippen LogP contribution in [0, 0.1) is 0 Å². The molecule has 2 aromatic carbocycles. The van der Waals surface area contributed by atoms with Gasteiger partial charge in [-0.25, -0.2) is 9.48 Å². The van der Waals surface area contributed by atoms with Crippen LogP contribution in [-0.4, -0.2) is 42.3 Å². The van der Waals surface area contributed by atoms with Crippen LogP contribution in [0.1, 0.15) is 31.2 Å². The monoisotopic (exact) mass is 403 g/mol. The minimum Gasteiger partial charge on any atom is -0.497 e. The molecule has 0 saturated heterocycles. The van der Waals surface area contributed by atoms with E-state index in [9.17, 15) is 13.9 Å². The number of hydrogen-bond acceptors (Lipinski definition) is 4. The molecule has 154 valence electrons. The highest BCUT2D eigenvalue weighted by atomic mass is 19.3. The first-order chi connectivity index (χ1) is 14.0. The van der Waals surface area contributed by atoms with Gasteiger partial charge in [-0.05, 0) is 67.8 Å². The molecule has 0 bridgehead atoms. The minimum atomic E-state index is -2.87. The molecule has 0 radical (unpaired) electrons. The SMILES string of the molecule is COc1ccc(N2CC(O)(c3ccc(OC(F)F)cc3)[N+]3=C2CCCCC3)cc1. The van der Waals surface area contributed by atoms with E-state index in [1.165, 1.54) is 12.1 Å². The molecule has 7 heteroatoms. The molecule has 0 spiro atoms. The van der Waals surface area contributed by atoms with Gasteiger partial charge in [0.1, 0.15) is 17.2 Å². The van der Waals surface area contributed by atoms with Gasteiger partial charge in [0.05, 0.1) is 13.7 Å². The number of β-amino-alcohol motifs (C(OH)–C–C–N with tert-alkyl or cyclic N) is 1. The smallest absolute Gasteiger partial charge is 0.387 e. The molecule has 0 aromatic heterocycles. The highest BCUT2D eigenvalue weighted by Gasteiger charge is 2.51. The summed E-state index contributed by atoms with van der Waals surface area (Å²) >= 11 is 0. The zero-order valence-electron chi connectivity index (χ0n) is 16.4. The lowest BCUT2D eigenvalue weighted by Gasteiger charge is -2.23. The summed E-state index contributed by atoms with van der Waals surface area (Å²) in [6, 6.07) is 14.1. The molecular weight excluding hydrogens is 378 g/mol. The Kier molecular flexibility index (Phi) is 5.41. The molecule has 2 heterocycles. The summed E-state index contributed by atoms with van der Waals surface area (Å²) in [5.74, 6) is 1.95. The summed E-state index contributed by atoms with van der Waals surface area (Å²) in [5.41, 5.74) is 0.416. The summed E-state index contributed by atoms with van der Waals surface area (Å²) in [7, 11) is 1.63. The quantitative estimate of drug-likeness (QED) is 0.768. The van der Waals surface area contributed by atoms with Gasteiger partial charge in [0.25, 0.3) is 11.6 Å². The molecule has 0 saturated carbocycles. The van der Waals surface area contributed by atoms with Gasteiger partial charge in [0, 0.05) is 12.0 Å². The van der Waals surface area contributed by atoms with Crippen molar-refractivity contribution in [2.24, 2.45) is 0 Å². The highest BCUT2D eigenvalue weighted by Crippen LogP contribution is 2.36. The van der Waals surface area contributed by atoms with E-state index >= 15 is 0 Å². The van der Waals surface area contributed by atoms with Gasteiger partial charge in [0.15, 0.2) is 6.54 Å². The summed E-state index contributed by atoms with van der Waals surface area (Å²) in [6.45, 7) is -1.76. The zero-order valence-corrected chi connectivity index (χ0v) is 16.4. The molecule has 2 aliphatic heterocycles. The van der Waals surface area contributed by atoms with E-state index in [0.717, 1.165) is 49.5 Å². The lowest BCUT2D eigenvalue weighted by atomic mass is 10.0. The Morgan fingerprint density at radius 2 is 1.69 bits per heavy atom. The number of anilines is 1. The van der Waals surface area contributed by atoms with E-state index < -0.39 is 12.3 Å². The van der Waals surface area contributed by atoms with Gasteiger partial charge in [-0.3, -0.25) is 0 Å². The van der Waals surface area contributed by atoms with Crippen molar-refractivity contribution < 1.29 is 27.9 Å². The van der Waals surface area contributed by atoms with E-state index in [-0.39, 0.29) is 5.75 Å². The van der Waals surface area contributed by atoms with Crippen LogP contribution in [-0.2, 0) is 5.72 Å². The molecule has 0 amide bonds. The van der Waals surface area contributed by atoms with Crippen LogP contribution in [0.25, 0.3) is 0 Å². The fourth-order valence-corrected chi connectivity index (χ4v) is 4.22. The lowest BCUT2D eigenvalue weighted by Crippen LogP contribution is -2.41. The minimum absolute atomic E-state index is 0.0810. The molecule has 5 nitrogen and oxygen atoms in total. The average Bonchev–Trinajstić information content (AvgIpc) is 2.87. The number of amidine groups is 1. The maximum Gasteiger partial charge on any atom is 0.387 e. The van der Waals surface area contributed by atoms with Gasteiger partial charge in [-0.15, -0.1) is 0 Å². The third-order valence-corrected chi connectivity index (χ3v) is 5.66. The number of alkyl halides is 2. The molecule has 2 aliphatic rings. The highest BCUT2D eigenvalue weighted by molar-refractivity contribution is 5.96. The Balaban J connectivity index is 1.70. The van der Waals surface area contributed by atoms with Crippen LogP contribution in [0.4, 0.5) is 14.5 Å². The zero-order chi connectivity index (χ0) is 20.4. The molecule has 2 aromatic rings. The average molecular weight is 403 g/mol. The topological polar surface area (TPSA) is 44.9 Å². The number of rotatable bonds is 5. The molecular formula is C22H25F2N2O3+. The van der Waals surface area contributed by atoms with Gasteiger partial charge >= 0.3 is 6.61 Å². The van der Waals surface area contributed by atoms with Crippen molar-refractivity contribution in [1.82, 2.24) is 0 Å². The van der Waals surface area contributed by atoms with E-state index in [0.29, 0.717) is 12.1 Å². The van der Waals surface area contributed by atoms with Crippen LogP contribution in [0.3, 0.4) is 0 Å². The predicted molar refractivity (Wildman–Crippen MR) is 106 cm³/mol. The third kappa shape index (κ3) is 3.79. The second-order valence-electron chi connectivity index (χ2n) is 7.38. The first-order valence-corrected chi connectivity index (χ1v) is 9.84. The van der Waals surface area contributed by atoms with Gasteiger partial charge in [0.2, 0.25) is 0 Å². The van der Waals surface area contributed by atoms with E-state index in [2.05, 4.69) is 14.2 Å². The van der Waals surface area contributed by atoms with E-state index in [1.54, 1.807) is 19.2 Å². The van der Waals surface area contributed by atoms with Gasteiger partial charge < -0.3 is 14.6 Å². The van der Waals surface area contributed by atoms with Crippen molar-refractivity contribution >= 4 is 11.5 Å². The molecule has 0 fully saturated rings. The molecule has 1 N–H and O–H groups in total. The normalized spacial score (nSPS) is 21.9. The maximum absolute atomic E-state index is 12.5. The molecule has 4 rings (SSSR count). The van der Waals surface area contributed by atoms with Crippen molar-refractivity contribution in [3.63, 3.8) is 0 Å². The molecule has 29 heavy (non-hydrogen) atoms. The van der Waals surface area contributed by atoms with Crippen LogP contribution < -0.4 is 14.4 Å². The molecule has 1 unspecified atom stereocenters.